The number of carbonyl (C=O) groups excluding carboxylic acids is 3. The summed E-state index contributed by atoms with van der Waals surface area (Å²) in [7, 11) is 0. The topological polar surface area (TPSA) is 115 Å². The fraction of sp³-hybridized carbons (Fsp3) is 0.667. The van der Waals surface area contributed by atoms with E-state index in [0.717, 1.165) is 0 Å². The predicted octanol–water partition coefficient (Wildman–Crippen LogP) is 5.12. The number of hydrogen-bond donors (Lipinski definition) is 3. The molecule has 0 radical (unpaired) electrons. The van der Waals surface area contributed by atoms with Gasteiger partial charge in [0.2, 0.25) is 17.7 Å². The van der Waals surface area contributed by atoms with E-state index in [-0.39, 0.29) is 73.6 Å². The minimum atomic E-state index is -0.338. The lowest BCUT2D eigenvalue weighted by Crippen LogP contribution is -2.23. The van der Waals surface area contributed by atoms with Gasteiger partial charge in [-0.1, -0.05) is 0 Å². The van der Waals surface area contributed by atoms with Crippen molar-refractivity contribution in [3.05, 3.63) is 18.2 Å². The number of carbonyl (C=O) groups is 3. The maximum absolute atomic E-state index is 12.4. The van der Waals surface area contributed by atoms with Gasteiger partial charge in [0.1, 0.15) is 0 Å². The standard InChI is InChI=1S/C27H45N3O6/c1-25(2,3)34-13-10-22(31)28-19-16-20(29-23(32)11-14-35-26(4,5)6)18-21(17-19)30-24(33)12-15-36-27(7,8)9/h16-18H,10-15H2,1-9H3,(H,28,31)(H,29,32)(H,30,33). The summed E-state index contributed by atoms with van der Waals surface area (Å²) >= 11 is 0. The summed E-state index contributed by atoms with van der Waals surface area (Å²) in [6.07, 6.45) is 0.511. The molecule has 3 amide bonds. The molecule has 0 aromatic heterocycles. The summed E-state index contributed by atoms with van der Waals surface area (Å²) in [6.45, 7) is 18.1. The van der Waals surface area contributed by atoms with E-state index >= 15 is 0 Å². The molecule has 0 aliphatic rings. The average Bonchev–Trinajstić information content (AvgIpc) is 2.64. The first-order chi connectivity index (χ1) is 16.4. The Balaban J connectivity index is 2.89. The molecule has 0 saturated carbocycles. The molecule has 9 nitrogen and oxygen atoms in total. The second-order valence-corrected chi connectivity index (χ2v) is 11.6. The minimum Gasteiger partial charge on any atom is -0.375 e. The maximum Gasteiger partial charge on any atom is 0.226 e. The SMILES string of the molecule is CC(C)(C)OCCC(=O)Nc1cc(NC(=O)CCOC(C)(C)C)cc(NC(=O)CCOC(C)(C)C)c1. The molecule has 0 bridgehead atoms. The van der Waals surface area contributed by atoms with Gasteiger partial charge in [-0.25, -0.2) is 0 Å². The van der Waals surface area contributed by atoms with Crippen LogP contribution >= 0.6 is 0 Å². The van der Waals surface area contributed by atoms with Gasteiger partial charge in [0.05, 0.1) is 55.9 Å². The zero-order valence-corrected chi connectivity index (χ0v) is 23.4. The van der Waals surface area contributed by atoms with Crippen molar-refractivity contribution in [2.45, 2.75) is 98.4 Å². The lowest BCUT2D eigenvalue weighted by atomic mass is 10.2. The van der Waals surface area contributed by atoms with Crippen LogP contribution in [-0.4, -0.2) is 54.3 Å². The Morgan fingerprint density at radius 2 is 0.750 bits per heavy atom. The normalized spacial score (nSPS) is 12.2. The number of nitrogens with one attached hydrogen (secondary N) is 3. The number of rotatable bonds is 12. The van der Waals surface area contributed by atoms with Crippen molar-refractivity contribution < 1.29 is 28.6 Å². The third kappa shape index (κ3) is 16.2. The highest BCUT2D eigenvalue weighted by atomic mass is 16.5. The van der Waals surface area contributed by atoms with Crippen molar-refractivity contribution >= 4 is 34.8 Å². The molecule has 1 rings (SSSR count). The molecule has 0 spiro atoms. The van der Waals surface area contributed by atoms with Gasteiger partial charge < -0.3 is 30.2 Å². The van der Waals surface area contributed by atoms with Crippen LogP contribution in [0.4, 0.5) is 17.1 Å². The molecule has 1 aromatic carbocycles. The molecule has 0 heterocycles. The first-order valence-corrected chi connectivity index (χ1v) is 12.4. The molecule has 204 valence electrons. The van der Waals surface area contributed by atoms with Crippen LogP contribution in [0.3, 0.4) is 0 Å². The summed E-state index contributed by atoms with van der Waals surface area (Å²) in [6, 6.07) is 4.93. The van der Waals surface area contributed by atoms with Crippen LogP contribution in [0.15, 0.2) is 18.2 Å². The number of benzene rings is 1. The Labute approximate surface area is 216 Å². The molecule has 0 unspecified atom stereocenters. The Bertz CT molecular complexity index is 752. The van der Waals surface area contributed by atoms with Crippen LogP contribution < -0.4 is 16.0 Å². The van der Waals surface area contributed by atoms with Gasteiger partial charge in [-0.15, -0.1) is 0 Å². The molecule has 36 heavy (non-hydrogen) atoms. The fourth-order valence-corrected chi connectivity index (χ4v) is 2.86. The smallest absolute Gasteiger partial charge is 0.226 e. The minimum absolute atomic E-state index is 0.170. The molecule has 0 fully saturated rings. The van der Waals surface area contributed by atoms with Gasteiger partial charge in [0.25, 0.3) is 0 Å². The highest BCUT2D eigenvalue weighted by Gasteiger charge is 2.15. The van der Waals surface area contributed by atoms with E-state index in [1.54, 1.807) is 18.2 Å². The van der Waals surface area contributed by atoms with Gasteiger partial charge in [-0.05, 0) is 80.5 Å². The Morgan fingerprint density at radius 3 is 0.944 bits per heavy atom. The summed E-state index contributed by atoms with van der Waals surface area (Å²) in [5.41, 5.74) is 0.322. The second kappa shape index (κ2) is 13.7. The van der Waals surface area contributed by atoms with E-state index in [4.69, 9.17) is 14.2 Å². The second-order valence-electron chi connectivity index (χ2n) is 11.6. The third-order valence-corrected chi connectivity index (χ3v) is 4.38. The van der Waals surface area contributed by atoms with Crippen molar-refractivity contribution in [1.82, 2.24) is 0 Å². The van der Waals surface area contributed by atoms with E-state index in [0.29, 0.717) is 17.1 Å². The zero-order chi connectivity index (χ0) is 27.6. The van der Waals surface area contributed by atoms with E-state index < -0.39 is 0 Å². The van der Waals surface area contributed by atoms with Crippen molar-refractivity contribution in [3.63, 3.8) is 0 Å². The van der Waals surface area contributed by atoms with Crippen LogP contribution in [0.2, 0.25) is 0 Å². The highest BCUT2D eigenvalue weighted by Crippen LogP contribution is 2.24. The highest BCUT2D eigenvalue weighted by molar-refractivity contribution is 5.97. The number of hydrogen-bond acceptors (Lipinski definition) is 6. The molecular formula is C27H45N3O6. The number of ether oxygens (including phenoxy) is 3. The van der Waals surface area contributed by atoms with E-state index in [1.807, 2.05) is 62.3 Å². The van der Waals surface area contributed by atoms with Crippen LogP contribution in [-0.2, 0) is 28.6 Å². The van der Waals surface area contributed by atoms with Crippen molar-refractivity contribution in [3.8, 4) is 0 Å². The van der Waals surface area contributed by atoms with Gasteiger partial charge in [0, 0.05) is 17.1 Å². The van der Waals surface area contributed by atoms with E-state index in [2.05, 4.69) is 16.0 Å². The summed E-state index contributed by atoms with van der Waals surface area (Å²) < 4.78 is 16.8. The van der Waals surface area contributed by atoms with Gasteiger partial charge in [0.15, 0.2) is 0 Å². The Kier molecular flexibility index (Phi) is 12.0. The molecule has 0 saturated heterocycles. The predicted molar refractivity (Wildman–Crippen MR) is 143 cm³/mol. The zero-order valence-electron chi connectivity index (χ0n) is 23.4. The van der Waals surface area contributed by atoms with Crippen LogP contribution in [0.25, 0.3) is 0 Å². The number of anilines is 3. The Hall–Kier alpha value is -2.49. The molecule has 9 heteroatoms. The fourth-order valence-electron chi connectivity index (χ4n) is 2.86. The van der Waals surface area contributed by atoms with Gasteiger partial charge in [-0.3, -0.25) is 14.4 Å². The molecule has 3 N–H and O–H groups in total. The molecule has 0 aliphatic heterocycles. The Morgan fingerprint density at radius 1 is 0.528 bits per heavy atom. The summed E-state index contributed by atoms with van der Waals surface area (Å²) in [5.74, 6) is -0.716. The van der Waals surface area contributed by atoms with Gasteiger partial charge in [-0.2, -0.15) is 0 Å². The van der Waals surface area contributed by atoms with Crippen LogP contribution in [0.5, 0.6) is 0 Å². The molecular weight excluding hydrogens is 462 g/mol. The lowest BCUT2D eigenvalue weighted by molar-refractivity contribution is -0.119. The molecule has 0 atom stereocenters. The first-order valence-electron chi connectivity index (χ1n) is 12.4. The van der Waals surface area contributed by atoms with E-state index in [1.165, 1.54) is 0 Å². The third-order valence-electron chi connectivity index (χ3n) is 4.38. The van der Waals surface area contributed by atoms with Crippen LogP contribution in [0.1, 0.15) is 81.6 Å². The summed E-state index contributed by atoms with van der Waals surface area (Å²) in [5, 5.41) is 8.43. The molecule has 0 aliphatic carbocycles. The van der Waals surface area contributed by atoms with Crippen molar-refractivity contribution in [2.24, 2.45) is 0 Å². The quantitative estimate of drug-likeness (QED) is 0.362. The van der Waals surface area contributed by atoms with Crippen molar-refractivity contribution in [1.29, 1.82) is 0 Å². The van der Waals surface area contributed by atoms with E-state index in [9.17, 15) is 14.4 Å². The van der Waals surface area contributed by atoms with Crippen LogP contribution in [0, 0.1) is 0 Å². The van der Waals surface area contributed by atoms with Crippen molar-refractivity contribution in [2.75, 3.05) is 35.8 Å². The monoisotopic (exact) mass is 507 g/mol. The molecule has 1 aromatic rings. The first kappa shape index (κ1) is 31.5. The lowest BCUT2D eigenvalue weighted by Gasteiger charge is -2.20. The average molecular weight is 508 g/mol. The summed E-state index contributed by atoms with van der Waals surface area (Å²) in [4.78, 5) is 37.3. The number of amides is 3. The maximum atomic E-state index is 12.4. The largest absolute Gasteiger partial charge is 0.375 e. The van der Waals surface area contributed by atoms with Gasteiger partial charge >= 0.3 is 0 Å².